The van der Waals surface area contributed by atoms with Gasteiger partial charge >= 0.3 is 0 Å². The minimum absolute atomic E-state index is 0.383. The Kier molecular flexibility index (Phi) is 13.2. The summed E-state index contributed by atoms with van der Waals surface area (Å²) in [6.07, 6.45) is 0. The Bertz CT molecular complexity index is 5710. The molecule has 0 spiro atoms. The number of nitriles is 4. The van der Waals surface area contributed by atoms with Crippen LogP contribution >= 0.6 is 0 Å². The van der Waals surface area contributed by atoms with E-state index < -0.39 is 0 Å². The summed E-state index contributed by atoms with van der Waals surface area (Å²) in [5.74, 6) is 0.595. The zero-order valence-electron chi connectivity index (χ0n) is 50.8. The fraction of sp³-hybridized carbons (Fsp3) is 0. The Balaban J connectivity index is 0.985. The molecule has 4 aromatic heterocycles. The van der Waals surface area contributed by atoms with Crippen molar-refractivity contribution in [3.05, 3.63) is 320 Å². The normalized spacial score (nSPS) is 11.3. The highest BCUT2D eigenvalue weighted by molar-refractivity contribution is 6.14. The first-order chi connectivity index (χ1) is 46.9. The Morgan fingerprint density at radius 1 is 0.242 bits per heavy atom. The van der Waals surface area contributed by atoms with Gasteiger partial charge in [0.25, 0.3) is 0 Å². The van der Waals surface area contributed by atoms with Crippen LogP contribution in [0.5, 0.6) is 0 Å². The Labute approximate surface area is 546 Å². The molecule has 0 saturated carbocycles. The number of hydrogen-bond donors (Lipinski definition) is 0. The van der Waals surface area contributed by atoms with Gasteiger partial charge in [-0.15, -0.1) is 0 Å². The number of fused-ring (bicyclic) bond motifs is 9. The molecule has 0 atom stereocenters. The lowest BCUT2D eigenvalue weighted by molar-refractivity contribution is 1.16. The molecule has 0 aliphatic rings. The second kappa shape index (κ2) is 22.7. The van der Waals surface area contributed by atoms with Crippen molar-refractivity contribution < 1.29 is 0 Å². The topological polar surface area (TPSA) is 136 Å². The summed E-state index contributed by atoms with van der Waals surface area (Å²) in [6, 6.07) is 111. The summed E-state index contributed by atoms with van der Waals surface area (Å²) in [7, 11) is 0. The van der Waals surface area contributed by atoms with Crippen LogP contribution in [-0.4, -0.2) is 23.7 Å². The lowest BCUT2D eigenvalue weighted by Crippen LogP contribution is -2.03. The van der Waals surface area contributed by atoms with Crippen molar-refractivity contribution in [1.82, 2.24) is 23.7 Å². The van der Waals surface area contributed by atoms with Gasteiger partial charge < -0.3 is 13.7 Å². The van der Waals surface area contributed by atoms with Gasteiger partial charge in [0.05, 0.1) is 96.7 Å². The first kappa shape index (κ1) is 55.4. The maximum absolute atomic E-state index is 10.6. The average molecular weight is 1210 g/mol. The molecule has 0 unspecified atom stereocenters. The third-order valence-corrected chi connectivity index (χ3v) is 18.4. The molecular weight excluding hydrogens is 1160 g/mol. The molecule has 0 aliphatic heterocycles. The standard InChI is InChI=1S/C86H49N9/c87-50-54-27-39-67(63(43-54)52-89)60-33-41-83-75(45-60)76-46-61(68-40-28-55(51-88)44-64(68)53-90)34-42-84(76)95(83)85-73(56-29-35-65(36-30-56)93-79-23-11-7-19-69(79)70-20-8-12-24-80(70)93)47-62(78-49-77(58-15-3-1-4-16-58)91-86(92-78)59-17-5-2-6-18-59)48-74(85)57-31-37-66(38-32-57)94-81-25-13-9-21-71(81)72-22-10-14-26-82(72)94/h1-49H. The molecule has 9 heteroatoms. The van der Waals surface area contributed by atoms with Crippen molar-refractivity contribution in [3.8, 4) is 120 Å². The van der Waals surface area contributed by atoms with Gasteiger partial charge in [0.15, 0.2) is 5.82 Å². The van der Waals surface area contributed by atoms with Crippen LogP contribution in [-0.2, 0) is 0 Å². The summed E-state index contributed by atoms with van der Waals surface area (Å²) >= 11 is 0. The summed E-state index contributed by atoms with van der Waals surface area (Å²) < 4.78 is 7.05. The van der Waals surface area contributed by atoms with E-state index in [-0.39, 0.29) is 0 Å². The second-order valence-corrected chi connectivity index (χ2v) is 23.7. The van der Waals surface area contributed by atoms with Crippen LogP contribution in [0.25, 0.3) is 161 Å². The van der Waals surface area contributed by atoms with Crippen LogP contribution in [0.2, 0.25) is 0 Å². The highest BCUT2D eigenvalue weighted by atomic mass is 15.0. The SMILES string of the molecule is N#Cc1ccc(-c2ccc3c(c2)c2cc(-c4ccc(C#N)cc4C#N)ccc2n3-c2c(-c3ccc(-n4c5ccccc5c5ccccc54)cc3)cc(-c3cc(-c4ccccc4)nc(-c4ccccc4)n3)cc2-c2ccc(-n3c4ccccc4c4ccccc43)cc2)c(C#N)c1. The summed E-state index contributed by atoms with van der Waals surface area (Å²) in [5, 5.41) is 47.6. The van der Waals surface area contributed by atoms with E-state index in [1.54, 1.807) is 24.3 Å². The number of rotatable bonds is 10. The van der Waals surface area contributed by atoms with Crippen molar-refractivity contribution in [2.75, 3.05) is 0 Å². The van der Waals surface area contributed by atoms with Crippen molar-refractivity contribution in [2.24, 2.45) is 0 Å². The summed E-state index contributed by atoms with van der Waals surface area (Å²) in [6.45, 7) is 0. The van der Waals surface area contributed by atoms with Gasteiger partial charge in [0.1, 0.15) is 0 Å². The Morgan fingerprint density at radius 3 is 1.02 bits per heavy atom. The molecule has 0 fully saturated rings. The molecule has 0 amide bonds. The quantitative estimate of drug-likeness (QED) is 0.134. The summed E-state index contributed by atoms with van der Waals surface area (Å²) in [4.78, 5) is 10.7. The van der Waals surface area contributed by atoms with Crippen molar-refractivity contribution >= 4 is 65.4 Å². The van der Waals surface area contributed by atoms with Crippen LogP contribution in [0.1, 0.15) is 22.3 Å². The van der Waals surface area contributed by atoms with Crippen LogP contribution < -0.4 is 0 Å². The maximum Gasteiger partial charge on any atom is 0.160 e. The molecule has 17 aromatic rings. The van der Waals surface area contributed by atoms with E-state index in [2.05, 4.69) is 262 Å². The van der Waals surface area contributed by atoms with Gasteiger partial charge in [-0.25, -0.2) is 9.97 Å². The first-order valence-electron chi connectivity index (χ1n) is 31.3. The molecule has 0 N–H and O–H groups in total. The van der Waals surface area contributed by atoms with Gasteiger partial charge in [-0.2, -0.15) is 21.0 Å². The van der Waals surface area contributed by atoms with E-state index in [0.29, 0.717) is 39.2 Å². The van der Waals surface area contributed by atoms with Crippen molar-refractivity contribution in [3.63, 3.8) is 0 Å². The number of aromatic nitrogens is 5. The molecule has 17 rings (SSSR count). The number of nitrogens with zero attached hydrogens (tertiary/aromatic N) is 9. The predicted molar refractivity (Wildman–Crippen MR) is 382 cm³/mol. The molecule has 13 aromatic carbocycles. The molecule has 0 radical (unpaired) electrons. The average Bonchev–Trinajstić information content (AvgIpc) is 1.61. The minimum Gasteiger partial charge on any atom is -0.309 e. The monoisotopic (exact) mass is 1210 g/mol. The maximum atomic E-state index is 10.6. The molecule has 0 saturated heterocycles. The van der Waals surface area contributed by atoms with Crippen LogP contribution in [0.3, 0.4) is 0 Å². The molecule has 9 nitrogen and oxygen atoms in total. The van der Waals surface area contributed by atoms with Gasteiger partial charge in [0.2, 0.25) is 0 Å². The fourth-order valence-electron chi connectivity index (χ4n) is 14.0. The van der Waals surface area contributed by atoms with Crippen molar-refractivity contribution in [2.45, 2.75) is 0 Å². The number of hydrogen-bond acceptors (Lipinski definition) is 6. The van der Waals surface area contributed by atoms with Gasteiger partial charge in [-0.1, -0.05) is 182 Å². The van der Waals surface area contributed by atoms with Crippen LogP contribution in [0, 0.1) is 45.3 Å². The van der Waals surface area contributed by atoms with Crippen LogP contribution in [0.4, 0.5) is 0 Å². The summed E-state index contributed by atoms with van der Waals surface area (Å²) in [5.41, 5.74) is 21.6. The number of benzene rings is 13. The van der Waals surface area contributed by atoms with E-state index >= 15 is 0 Å². The van der Waals surface area contributed by atoms with E-state index in [1.807, 2.05) is 48.5 Å². The fourth-order valence-corrected chi connectivity index (χ4v) is 14.0. The van der Waals surface area contributed by atoms with Gasteiger partial charge in [-0.3, -0.25) is 0 Å². The molecule has 4 heterocycles. The lowest BCUT2D eigenvalue weighted by Gasteiger charge is -2.22. The second-order valence-electron chi connectivity index (χ2n) is 23.7. The smallest absolute Gasteiger partial charge is 0.160 e. The van der Waals surface area contributed by atoms with Crippen LogP contribution in [0.15, 0.2) is 297 Å². The highest BCUT2D eigenvalue weighted by Crippen LogP contribution is 2.47. The van der Waals surface area contributed by atoms with Gasteiger partial charge in [-0.05, 0) is 149 Å². The van der Waals surface area contributed by atoms with E-state index in [9.17, 15) is 21.0 Å². The third-order valence-electron chi connectivity index (χ3n) is 18.4. The zero-order chi connectivity index (χ0) is 63.7. The lowest BCUT2D eigenvalue weighted by atomic mass is 9.91. The van der Waals surface area contributed by atoms with E-state index in [1.165, 1.54) is 21.5 Å². The Morgan fingerprint density at radius 2 is 0.611 bits per heavy atom. The minimum atomic E-state index is 0.383. The van der Waals surface area contributed by atoms with Crippen molar-refractivity contribution in [1.29, 1.82) is 21.0 Å². The highest BCUT2D eigenvalue weighted by Gasteiger charge is 2.26. The molecule has 0 bridgehead atoms. The number of para-hydroxylation sites is 4. The zero-order valence-corrected chi connectivity index (χ0v) is 50.8. The predicted octanol–water partition coefficient (Wildman–Crippen LogP) is 20.9. The molecule has 95 heavy (non-hydrogen) atoms. The largest absolute Gasteiger partial charge is 0.309 e. The first-order valence-corrected chi connectivity index (χ1v) is 31.3. The Hall–Kier alpha value is -13.7. The molecular formula is C86H49N9. The third kappa shape index (κ3) is 9.28. The van der Waals surface area contributed by atoms with E-state index in [4.69, 9.17) is 9.97 Å². The van der Waals surface area contributed by atoms with Gasteiger partial charge in [0, 0.05) is 71.5 Å². The van der Waals surface area contributed by atoms with E-state index in [0.717, 1.165) is 122 Å². The molecule has 0 aliphatic carbocycles. The molecule has 438 valence electrons.